The summed E-state index contributed by atoms with van der Waals surface area (Å²) in [6.07, 6.45) is 5.31. The van der Waals surface area contributed by atoms with Gasteiger partial charge in [0.25, 0.3) is 5.22 Å². The lowest BCUT2D eigenvalue weighted by Gasteiger charge is -1.80. The highest BCUT2D eigenvalue weighted by Gasteiger charge is 2.01. The van der Waals surface area contributed by atoms with Gasteiger partial charge in [-0.1, -0.05) is 11.8 Å². The van der Waals surface area contributed by atoms with Gasteiger partial charge in [0, 0.05) is 12.3 Å². The van der Waals surface area contributed by atoms with E-state index >= 15 is 0 Å². The molecule has 4 heteroatoms. The molecule has 0 aromatic carbocycles. The quantitative estimate of drug-likeness (QED) is 0.607. The summed E-state index contributed by atoms with van der Waals surface area (Å²) in [6.45, 7) is 0. The van der Waals surface area contributed by atoms with E-state index in [1.807, 2.05) is 12.3 Å². The normalized spacial score (nSPS) is 10.6. The fourth-order valence-corrected chi connectivity index (χ4v) is 1.21. The van der Waals surface area contributed by atoms with Crippen molar-refractivity contribution in [3.8, 4) is 0 Å². The second kappa shape index (κ2) is 2.54. The Kier molecular flexibility index (Phi) is 1.54. The van der Waals surface area contributed by atoms with Crippen LogP contribution in [0.15, 0.2) is 28.1 Å². The molecule has 0 atom stereocenters. The lowest BCUT2D eigenvalue weighted by molar-refractivity contribution is 0.490. The van der Waals surface area contributed by atoms with Crippen molar-refractivity contribution >= 4 is 22.9 Å². The van der Waals surface area contributed by atoms with Crippen LogP contribution in [-0.4, -0.2) is 16.2 Å². The van der Waals surface area contributed by atoms with Gasteiger partial charge >= 0.3 is 0 Å². The Hall–Kier alpha value is -1.03. The predicted molar refractivity (Wildman–Crippen MR) is 43.6 cm³/mol. The minimum absolute atomic E-state index is 0.688. The number of thioether (sulfide) groups is 1. The van der Waals surface area contributed by atoms with Crippen LogP contribution in [0.5, 0.6) is 0 Å². The van der Waals surface area contributed by atoms with Crippen LogP contribution in [0.2, 0.25) is 0 Å². The smallest absolute Gasteiger partial charge is 0.256 e. The summed E-state index contributed by atoms with van der Waals surface area (Å²) in [7, 11) is 0. The van der Waals surface area contributed by atoms with Gasteiger partial charge in [0.2, 0.25) is 0 Å². The molecule has 0 fully saturated rings. The van der Waals surface area contributed by atoms with Crippen LogP contribution >= 0.6 is 11.8 Å². The van der Waals surface area contributed by atoms with Gasteiger partial charge in [-0.25, -0.2) is 4.98 Å². The summed E-state index contributed by atoms with van der Waals surface area (Å²) in [6, 6.07) is 1.81. The van der Waals surface area contributed by atoms with Gasteiger partial charge in [-0.05, 0) is 6.26 Å². The van der Waals surface area contributed by atoms with E-state index < -0.39 is 0 Å². The molecule has 0 saturated carbocycles. The third kappa shape index (κ3) is 1.09. The Morgan fingerprint density at radius 3 is 3.18 bits per heavy atom. The van der Waals surface area contributed by atoms with Crippen molar-refractivity contribution < 1.29 is 4.42 Å². The number of hydrogen-bond donors (Lipinski definition) is 0. The zero-order valence-corrected chi connectivity index (χ0v) is 6.76. The summed E-state index contributed by atoms with van der Waals surface area (Å²) in [5.41, 5.74) is 1.61. The van der Waals surface area contributed by atoms with Crippen LogP contribution in [0.3, 0.4) is 0 Å². The molecule has 2 aromatic heterocycles. The zero-order chi connectivity index (χ0) is 7.68. The van der Waals surface area contributed by atoms with Crippen LogP contribution in [-0.2, 0) is 0 Å². The average molecular weight is 166 g/mol. The average Bonchev–Trinajstić information content (AvgIpc) is 2.46. The maximum atomic E-state index is 5.33. The first kappa shape index (κ1) is 6.67. The summed E-state index contributed by atoms with van der Waals surface area (Å²) >= 11 is 1.49. The predicted octanol–water partition coefficient (Wildman–Crippen LogP) is 1.94. The first-order valence-electron chi connectivity index (χ1n) is 3.14. The highest BCUT2D eigenvalue weighted by Crippen LogP contribution is 2.19. The van der Waals surface area contributed by atoms with Crippen molar-refractivity contribution in [2.45, 2.75) is 5.22 Å². The molecule has 0 radical (unpaired) electrons. The summed E-state index contributed by atoms with van der Waals surface area (Å²) in [4.78, 5) is 8.09. The Balaban J connectivity index is 2.69. The molecule has 2 rings (SSSR count). The SMILES string of the molecule is CSc1nc2cnccc2o1. The van der Waals surface area contributed by atoms with Gasteiger partial charge in [0.05, 0.1) is 6.20 Å². The lowest BCUT2D eigenvalue weighted by Crippen LogP contribution is -1.69. The Bertz CT molecular complexity index is 338. The van der Waals surface area contributed by atoms with Crippen LogP contribution in [0.1, 0.15) is 0 Å². The molecule has 0 bridgehead atoms. The minimum atomic E-state index is 0.688. The lowest BCUT2D eigenvalue weighted by atomic mass is 10.4. The first-order valence-corrected chi connectivity index (χ1v) is 4.37. The molecule has 2 heterocycles. The molecule has 0 aliphatic carbocycles. The molecule has 0 saturated heterocycles. The molecular formula is C7H6N2OS. The number of nitrogens with zero attached hydrogens (tertiary/aromatic N) is 2. The van der Waals surface area contributed by atoms with Gasteiger partial charge in [0.15, 0.2) is 5.58 Å². The van der Waals surface area contributed by atoms with Crippen molar-refractivity contribution in [1.82, 2.24) is 9.97 Å². The maximum Gasteiger partial charge on any atom is 0.256 e. The number of pyridine rings is 1. The Labute approximate surface area is 67.8 Å². The molecule has 0 unspecified atom stereocenters. The van der Waals surface area contributed by atoms with Crippen LogP contribution in [0.25, 0.3) is 11.1 Å². The van der Waals surface area contributed by atoms with Crippen molar-refractivity contribution in [2.75, 3.05) is 6.26 Å². The van der Waals surface area contributed by atoms with Gasteiger partial charge in [-0.15, -0.1) is 0 Å². The van der Waals surface area contributed by atoms with E-state index in [-0.39, 0.29) is 0 Å². The second-order valence-electron chi connectivity index (χ2n) is 2.03. The molecule has 0 amide bonds. The van der Waals surface area contributed by atoms with E-state index in [1.54, 1.807) is 12.4 Å². The summed E-state index contributed by atoms with van der Waals surface area (Å²) < 4.78 is 5.33. The number of rotatable bonds is 1. The van der Waals surface area contributed by atoms with Crippen LogP contribution < -0.4 is 0 Å². The van der Waals surface area contributed by atoms with Crippen molar-refractivity contribution in [3.05, 3.63) is 18.5 Å². The fraction of sp³-hybridized carbons (Fsp3) is 0.143. The van der Waals surface area contributed by atoms with E-state index in [2.05, 4.69) is 9.97 Å². The van der Waals surface area contributed by atoms with Gasteiger partial charge in [-0.2, -0.15) is 0 Å². The number of oxazole rings is 1. The second-order valence-corrected chi connectivity index (χ2v) is 2.78. The topological polar surface area (TPSA) is 38.9 Å². The maximum absolute atomic E-state index is 5.33. The molecule has 0 aliphatic heterocycles. The standard InChI is InChI=1S/C7H6N2OS/c1-11-7-9-5-4-8-3-2-6(5)10-7/h2-4H,1H3. The molecule has 0 aliphatic rings. The highest BCUT2D eigenvalue weighted by molar-refractivity contribution is 7.98. The van der Waals surface area contributed by atoms with E-state index in [0.717, 1.165) is 11.1 Å². The Morgan fingerprint density at radius 1 is 1.55 bits per heavy atom. The van der Waals surface area contributed by atoms with Gasteiger partial charge in [0.1, 0.15) is 5.52 Å². The summed E-state index contributed by atoms with van der Waals surface area (Å²) in [5, 5.41) is 0.688. The molecule has 11 heavy (non-hydrogen) atoms. The van der Waals surface area contributed by atoms with E-state index in [1.165, 1.54) is 11.8 Å². The summed E-state index contributed by atoms with van der Waals surface area (Å²) in [5.74, 6) is 0. The molecule has 0 N–H and O–H groups in total. The fourth-order valence-electron chi connectivity index (χ4n) is 0.846. The van der Waals surface area contributed by atoms with Gasteiger partial charge < -0.3 is 4.42 Å². The monoisotopic (exact) mass is 166 g/mol. The molecular weight excluding hydrogens is 160 g/mol. The van der Waals surface area contributed by atoms with Gasteiger partial charge in [-0.3, -0.25) is 4.98 Å². The van der Waals surface area contributed by atoms with Crippen LogP contribution in [0.4, 0.5) is 0 Å². The molecule has 3 nitrogen and oxygen atoms in total. The van der Waals surface area contributed by atoms with E-state index in [0.29, 0.717) is 5.22 Å². The Morgan fingerprint density at radius 2 is 2.45 bits per heavy atom. The largest absolute Gasteiger partial charge is 0.431 e. The molecule has 56 valence electrons. The molecule has 0 spiro atoms. The number of hydrogen-bond acceptors (Lipinski definition) is 4. The third-order valence-corrected chi connectivity index (χ3v) is 1.87. The minimum Gasteiger partial charge on any atom is -0.431 e. The zero-order valence-electron chi connectivity index (χ0n) is 5.94. The third-order valence-electron chi connectivity index (χ3n) is 1.34. The van der Waals surface area contributed by atoms with Crippen LogP contribution in [0, 0.1) is 0 Å². The van der Waals surface area contributed by atoms with E-state index in [4.69, 9.17) is 4.42 Å². The van der Waals surface area contributed by atoms with Crippen molar-refractivity contribution in [1.29, 1.82) is 0 Å². The molecule has 2 aromatic rings. The van der Waals surface area contributed by atoms with E-state index in [9.17, 15) is 0 Å². The number of aromatic nitrogens is 2. The first-order chi connectivity index (χ1) is 5.40. The number of fused-ring (bicyclic) bond motifs is 1. The van der Waals surface area contributed by atoms with Crippen molar-refractivity contribution in [3.63, 3.8) is 0 Å². The highest BCUT2D eigenvalue weighted by atomic mass is 32.2. The van der Waals surface area contributed by atoms with Crippen molar-refractivity contribution in [2.24, 2.45) is 0 Å².